The summed E-state index contributed by atoms with van der Waals surface area (Å²) >= 11 is 0. The van der Waals surface area contributed by atoms with E-state index in [2.05, 4.69) is 18.2 Å². The molecule has 2 heteroatoms. The van der Waals surface area contributed by atoms with Crippen molar-refractivity contribution in [3.63, 3.8) is 0 Å². The first-order chi connectivity index (χ1) is 7.81. The zero-order chi connectivity index (χ0) is 11.4. The van der Waals surface area contributed by atoms with Gasteiger partial charge in [-0.2, -0.15) is 0 Å². The molecule has 0 amide bonds. The Morgan fingerprint density at radius 1 is 1.31 bits per heavy atom. The summed E-state index contributed by atoms with van der Waals surface area (Å²) in [6.45, 7) is 2.76. The molecule has 0 bridgehead atoms. The predicted molar refractivity (Wildman–Crippen MR) is 66.8 cm³/mol. The standard InChI is InChI=1S/C14H21NO/c1-2-16-14-9-4-3-8-13(14)11-6-5-7-12(15)10-11/h3-4,8-9,11-12H,2,5-7,10,15H2,1H3. The second kappa shape index (κ2) is 5.35. The highest BCUT2D eigenvalue weighted by Crippen LogP contribution is 2.36. The zero-order valence-corrected chi connectivity index (χ0v) is 9.99. The van der Waals surface area contributed by atoms with Crippen LogP contribution in [-0.2, 0) is 0 Å². The molecule has 2 atom stereocenters. The van der Waals surface area contributed by atoms with Gasteiger partial charge < -0.3 is 10.5 Å². The smallest absolute Gasteiger partial charge is 0.122 e. The van der Waals surface area contributed by atoms with Crippen molar-refractivity contribution in [2.75, 3.05) is 6.61 Å². The van der Waals surface area contributed by atoms with Crippen LogP contribution in [0.1, 0.15) is 44.1 Å². The van der Waals surface area contributed by atoms with Gasteiger partial charge in [-0.25, -0.2) is 0 Å². The average molecular weight is 219 g/mol. The van der Waals surface area contributed by atoms with E-state index in [0.29, 0.717) is 12.0 Å². The van der Waals surface area contributed by atoms with Crippen molar-refractivity contribution in [3.05, 3.63) is 29.8 Å². The highest BCUT2D eigenvalue weighted by Gasteiger charge is 2.22. The van der Waals surface area contributed by atoms with Crippen molar-refractivity contribution >= 4 is 0 Å². The Kier molecular flexibility index (Phi) is 3.83. The minimum Gasteiger partial charge on any atom is -0.494 e. The maximum absolute atomic E-state index is 6.05. The molecule has 2 N–H and O–H groups in total. The van der Waals surface area contributed by atoms with E-state index in [1.807, 2.05) is 13.0 Å². The van der Waals surface area contributed by atoms with Crippen LogP contribution in [0, 0.1) is 0 Å². The fourth-order valence-corrected chi connectivity index (χ4v) is 2.61. The van der Waals surface area contributed by atoms with Gasteiger partial charge in [-0.1, -0.05) is 24.6 Å². The first-order valence-corrected chi connectivity index (χ1v) is 6.28. The number of benzene rings is 1. The summed E-state index contributed by atoms with van der Waals surface area (Å²) in [4.78, 5) is 0. The minimum absolute atomic E-state index is 0.369. The fraction of sp³-hybridized carbons (Fsp3) is 0.571. The third-order valence-corrected chi connectivity index (χ3v) is 3.37. The van der Waals surface area contributed by atoms with E-state index >= 15 is 0 Å². The zero-order valence-electron chi connectivity index (χ0n) is 9.99. The summed E-state index contributed by atoms with van der Waals surface area (Å²) in [5.74, 6) is 1.63. The molecule has 88 valence electrons. The molecule has 1 aromatic carbocycles. The first-order valence-electron chi connectivity index (χ1n) is 6.28. The lowest BCUT2D eigenvalue weighted by atomic mass is 9.81. The van der Waals surface area contributed by atoms with Crippen molar-refractivity contribution in [3.8, 4) is 5.75 Å². The van der Waals surface area contributed by atoms with Crippen LogP contribution in [0.5, 0.6) is 5.75 Å². The van der Waals surface area contributed by atoms with E-state index in [-0.39, 0.29) is 0 Å². The molecule has 0 spiro atoms. The molecule has 1 saturated carbocycles. The molecule has 0 saturated heterocycles. The quantitative estimate of drug-likeness (QED) is 0.848. The largest absolute Gasteiger partial charge is 0.494 e. The van der Waals surface area contributed by atoms with Crippen molar-refractivity contribution < 1.29 is 4.74 Å². The Labute approximate surface area is 97.8 Å². The third kappa shape index (κ3) is 2.56. The van der Waals surface area contributed by atoms with E-state index < -0.39 is 0 Å². The van der Waals surface area contributed by atoms with E-state index in [1.54, 1.807) is 0 Å². The Morgan fingerprint density at radius 3 is 2.88 bits per heavy atom. The lowest BCUT2D eigenvalue weighted by molar-refractivity contribution is 0.324. The fourth-order valence-electron chi connectivity index (χ4n) is 2.61. The number of hydrogen-bond acceptors (Lipinski definition) is 2. The first kappa shape index (κ1) is 11.5. The molecule has 2 rings (SSSR count). The SMILES string of the molecule is CCOc1ccccc1C1CCCC(N)C1. The number of hydrogen-bond donors (Lipinski definition) is 1. The molecule has 0 aromatic heterocycles. The Bertz CT molecular complexity index is 337. The van der Waals surface area contributed by atoms with Crippen molar-refractivity contribution in [2.24, 2.45) is 5.73 Å². The van der Waals surface area contributed by atoms with Crippen molar-refractivity contribution in [2.45, 2.75) is 44.6 Å². The molecule has 1 fully saturated rings. The lowest BCUT2D eigenvalue weighted by Crippen LogP contribution is -2.27. The highest BCUT2D eigenvalue weighted by atomic mass is 16.5. The van der Waals surface area contributed by atoms with Gasteiger partial charge in [0.2, 0.25) is 0 Å². The van der Waals surface area contributed by atoms with E-state index in [1.165, 1.54) is 24.8 Å². The summed E-state index contributed by atoms with van der Waals surface area (Å²) in [6.07, 6.45) is 4.77. The Balaban J connectivity index is 2.17. The molecular formula is C14H21NO. The van der Waals surface area contributed by atoms with Gasteiger partial charge in [0, 0.05) is 6.04 Å². The third-order valence-electron chi connectivity index (χ3n) is 3.37. The second-order valence-electron chi connectivity index (χ2n) is 4.59. The van der Waals surface area contributed by atoms with Crippen LogP contribution in [0.4, 0.5) is 0 Å². The van der Waals surface area contributed by atoms with Gasteiger partial charge in [-0.3, -0.25) is 0 Å². The molecule has 2 nitrogen and oxygen atoms in total. The van der Waals surface area contributed by atoms with Crippen LogP contribution in [0.2, 0.25) is 0 Å². The van der Waals surface area contributed by atoms with Gasteiger partial charge in [0.25, 0.3) is 0 Å². The van der Waals surface area contributed by atoms with Crippen LogP contribution >= 0.6 is 0 Å². The van der Waals surface area contributed by atoms with Gasteiger partial charge >= 0.3 is 0 Å². The lowest BCUT2D eigenvalue weighted by Gasteiger charge is -2.28. The summed E-state index contributed by atoms with van der Waals surface area (Å²) < 4.78 is 5.68. The molecule has 1 aliphatic carbocycles. The van der Waals surface area contributed by atoms with Gasteiger partial charge in [-0.15, -0.1) is 0 Å². The molecule has 0 heterocycles. The van der Waals surface area contributed by atoms with E-state index in [4.69, 9.17) is 10.5 Å². The summed E-state index contributed by atoms with van der Waals surface area (Å²) in [7, 11) is 0. The topological polar surface area (TPSA) is 35.2 Å². The second-order valence-corrected chi connectivity index (χ2v) is 4.59. The van der Waals surface area contributed by atoms with Gasteiger partial charge in [0.1, 0.15) is 5.75 Å². The summed E-state index contributed by atoms with van der Waals surface area (Å²) in [6, 6.07) is 8.76. The average Bonchev–Trinajstić information content (AvgIpc) is 2.30. The number of ether oxygens (including phenoxy) is 1. The highest BCUT2D eigenvalue weighted by molar-refractivity contribution is 5.36. The van der Waals surface area contributed by atoms with E-state index in [9.17, 15) is 0 Å². The maximum Gasteiger partial charge on any atom is 0.122 e. The van der Waals surface area contributed by atoms with Gasteiger partial charge in [0.15, 0.2) is 0 Å². The Hall–Kier alpha value is -1.02. The molecule has 2 unspecified atom stereocenters. The van der Waals surface area contributed by atoms with Gasteiger partial charge in [0.05, 0.1) is 6.61 Å². The summed E-state index contributed by atoms with van der Waals surface area (Å²) in [5, 5.41) is 0. The predicted octanol–water partition coefficient (Wildman–Crippen LogP) is 3.07. The molecule has 1 aromatic rings. The van der Waals surface area contributed by atoms with Crippen LogP contribution < -0.4 is 10.5 Å². The molecule has 1 aliphatic rings. The molecule has 0 radical (unpaired) electrons. The van der Waals surface area contributed by atoms with Crippen molar-refractivity contribution in [1.82, 2.24) is 0 Å². The molecular weight excluding hydrogens is 198 g/mol. The van der Waals surface area contributed by atoms with Crippen molar-refractivity contribution in [1.29, 1.82) is 0 Å². The van der Waals surface area contributed by atoms with E-state index in [0.717, 1.165) is 18.8 Å². The molecule has 0 aliphatic heterocycles. The van der Waals surface area contributed by atoms with Crippen LogP contribution in [0.25, 0.3) is 0 Å². The van der Waals surface area contributed by atoms with Crippen LogP contribution in [0.15, 0.2) is 24.3 Å². The van der Waals surface area contributed by atoms with Crippen LogP contribution in [0.3, 0.4) is 0 Å². The minimum atomic E-state index is 0.369. The maximum atomic E-state index is 6.05. The number of nitrogens with two attached hydrogens (primary N) is 1. The van der Waals surface area contributed by atoms with Gasteiger partial charge in [-0.05, 0) is 43.7 Å². The number of rotatable bonds is 3. The monoisotopic (exact) mass is 219 g/mol. The normalized spacial score (nSPS) is 25.4. The Morgan fingerprint density at radius 2 is 2.12 bits per heavy atom. The van der Waals surface area contributed by atoms with Crippen LogP contribution in [-0.4, -0.2) is 12.6 Å². The molecule has 16 heavy (non-hydrogen) atoms. The summed E-state index contributed by atoms with van der Waals surface area (Å²) in [5.41, 5.74) is 7.39. The number of para-hydroxylation sites is 1.